The minimum atomic E-state index is 0.590. The minimum absolute atomic E-state index is 0.590. The molecule has 0 saturated heterocycles. The van der Waals surface area contributed by atoms with Gasteiger partial charge in [-0.25, -0.2) is 0 Å². The molecule has 1 aromatic heterocycles. The van der Waals surface area contributed by atoms with E-state index in [1.54, 1.807) is 0 Å². The molecule has 7 rings (SSSR count). The minimum Gasteiger partial charge on any atom is -0.309 e. The van der Waals surface area contributed by atoms with Crippen LogP contribution < -0.4 is 0 Å². The molecule has 1 heteroatoms. The van der Waals surface area contributed by atoms with Crippen molar-refractivity contribution in [1.29, 1.82) is 0 Å². The Balaban J connectivity index is 1.38. The predicted octanol–water partition coefficient (Wildman–Crippen LogP) is 9.54. The second-order valence-corrected chi connectivity index (χ2v) is 10.2. The van der Waals surface area contributed by atoms with E-state index in [0.29, 0.717) is 5.92 Å². The summed E-state index contributed by atoms with van der Waals surface area (Å²) in [5.41, 5.74) is 13.4. The lowest BCUT2D eigenvalue weighted by molar-refractivity contribution is 0.733. The van der Waals surface area contributed by atoms with Crippen molar-refractivity contribution in [2.24, 2.45) is 0 Å². The Kier molecular flexibility index (Phi) is 4.85. The van der Waals surface area contributed by atoms with Gasteiger partial charge in [0.05, 0.1) is 11.0 Å². The van der Waals surface area contributed by atoms with E-state index < -0.39 is 0 Å². The molecule has 1 nitrogen and oxygen atoms in total. The van der Waals surface area contributed by atoms with Crippen molar-refractivity contribution in [3.05, 3.63) is 126 Å². The Morgan fingerprint density at radius 2 is 1.31 bits per heavy atom. The van der Waals surface area contributed by atoms with Gasteiger partial charge in [0.2, 0.25) is 0 Å². The number of fused-ring (bicyclic) bond motifs is 6. The molecule has 1 aliphatic carbocycles. The van der Waals surface area contributed by atoms with E-state index in [1.807, 2.05) is 0 Å². The normalized spacial score (nSPS) is 13.2. The highest BCUT2D eigenvalue weighted by Crippen LogP contribution is 2.41. The summed E-state index contributed by atoms with van der Waals surface area (Å²) in [6.45, 7) is 4.60. The third kappa shape index (κ3) is 3.23. The molecule has 1 atom stereocenters. The maximum atomic E-state index is 2.44. The zero-order valence-corrected chi connectivity index (χ0v) is 20.8. The maximum absolute atomic E-state index is 2.44. The van der Waals surface area contributed by atoms with Crippen LogP contribution in [0.3, 0.4) is 0 Å². The first kappa shape index (κ1) is 21.2. The number of rotatable bonds is 4. The van der Waals surface area contributed by atoms with Crippen LogP contribution in [0.5, 0.6) is 0 Å². The molecule has 0 amide bonds. The van der Waals surface area contributed by atoms with Gasteiger partial charge in [0.25, 0.3) is 0 Å². The monoisotopic (exact) mass is 463 g/mol. The highest BCUT2D eigenvalue weighted by Gasteiger charge is 2.21. The van der Waals surface area contributed by atoms with Crippen molar-refractivity contribution >= 4 is 21.8 Å². The van der Waals surface area contributed by atoms with Gasteiger partial charge in [-0.2, -0.15) is 0 Å². The Labute approximate surface area is 212 Å². The van der Waals surface area contributed by atoms with E-state index >= 15 is 0 Å². The zero-order valence-electron chi connectivity index (χ0n) is 20.8. The Bertz CT molecular complexity index is 1750. The lowest BCUT2D eigenvalue weighted by atomic mass is 9.93. The molecule has 0 aliphatic heterocycles. The van der Waals surface area contributed by atoms with Gasteiger partial charge in [-0.1, -0.05) is 86.6 Å². The van der Waals surface area contributed by atoms with Crippen molar-refractivity contribution in [3.63, 3.8) is 0 Å². The molecule has 0 fully saturated rings. The first-order valence-corrected chi connectivity index (χ1v) is 13.1. The lowest BCUT2D eigenvalue weighted by Gasteiger charge is -2.12. The van der Waals surface area contributed by atoms with Crippen LogP contribution >= 0.6 is 0 Å². The third-order valence-electron chi connectivity index (χ3n) is 8.12. The standard InChI is InChI=1S/C35H29N/c1-3-23(2)24-13-15-27-19-28-16-14-25(21-32(28)31(27)20-24)26-17-18-35-33(22-26)30-11-7-8-12-34(30)36(35)29-9-5-4-6-10-29/h4-18,20-23H,3,19H2,1-2H3. The van der Waals surface area contributed by atoms with Gasteiger partial charge in [0, 0.05) is 16.5 Å². The van der Waals surface area contributed by atoms with Crippen molar-refractivity contribution < 1.29 is 0 Å². The number of hydrogen-bond acceptors (Lipinski definition) is 0. The number of nitrogens with zero attached hydrogens (tertiary/aromatic N) is 1. The van der Waals surface area contributed by atoms with E-state index in [4.69, 9.17) is 0 Å². The smallest absolute Gasteiger partial charge is 0.0541 e. The maximum Gasteiger partial charge on any atom is 0.0541 e. The van der Waals surface area contributed by atoms with Crippen LogP contribution in [-0.4, -0.2) is 4.57 Å². The lowest BCUT2D eigenvalue weighted by Crippen LogP contribution is -1.93. The summed E-state index contributed by atoms with van der Waals surface area (Å²) in [6, 6.07) is 40.5. The molecular weight excluding hydrogens is 434 g/mol. The summed E-state index contributed by atoms with van der Waals surface area (Å²) in [5, 5.41) is 2.59. The summed E-state index contributed by atoms with van der Waals surface area (Å²) >= 11 is 0. The number of aromatic nitrogens is 1. The fourth-order valence-electron chi connectivity index (χ4n) is 5.91. The third-order valence-corrected chi connectivity index (χ3v) is 8.12. The number of hydrogen-bond donors (Lipinski definition) is 0. The van der Waals surface area contributed by atoms with E-state index in [2.05, 4.69) is 128 Å². The van der Waals surface area contributed by atoms with E-state index in [-0.39, 0.29) is 0 Å². The van der Waals surface area contributed by atoms with Crippen molar-refractivity contribution in [3.8, 4) is 27.9 Å². The predicted molar refractivity (Wildman–Crippen MR) is 153 cm³/mol. The molecule has 1 heterocycles. The molecule has 0 bridgehead atoms. The van der Waals surface area contributed by atoms with Gasteiger partial charge in [0.1, 0.15) is 0 Å². The fraction of sp³-hybridized carbons (Fsp3) is 0.143. The second kappa shape index (κ2) is 8.24. The molecule has 0 radical (unpaired) electrons. The molecule has 0 saturated carbocycles. The molecule has 36 heavy (non-hydrogen) atoms. The summed E-state index contributed by atoms with van der Waals surface area (Å²) in [7, 11) is 0. The Morgan fingerprint density at radius 1 is 0.639 bits per heavy atom. The first-order valence-electron chi connectivity index (χ1n) is 13.1. The quantitative estimate of drug-likeness (QED) is 0.245. The van der Waals surface area contributed by atoms with Crippen LogP contribution in [0.2, 0.25) is 0 Å². The van der Waals surface area contributed by atoms with E-state index in [1.165, 1.54) is 72.9 Å². The van der Waals surface area contributed by atoms with Gasteiger partial charge >= 0.3 is 0 Å². The van der Waals surface area contributed by atoms with Crippen LogP contribution in [0.15, 0.2) is 109 Å². The van der Waals surface area contributed by atoms with Crippen LogP contribution in [-0.2, 0) is 6.42 Å². The van der Waals surface area contributed by atoms with Gasteiger partial charge in [0.15, 0.2) is 0 Å². The van der Waals surface area contributed by atoms with Crippen LogP contribution in [0.1, 0.15) is 42.9 Å². The SMILES string of the molecule is CCC(C)c1ccc2c(c1)-c1cc(-c3ccc4c(c3)c3ccccc3n4-c3ccccc3)ccc1C2. The van der Waals surface area contributed by atoms with Crippen molar-refractivity contribution in [2.45, 2.75) is 32.6 Å². The van der Waals surface area contributed by atoms with Gasteiger partial charge < -0.3 is 4.57 Å². The van der Waals surface area contributed by atoms with Crippen LogP contribution in [0.25, 0.3) is 49.7 Å². The van der Waals surface area contributed by atoms with E-state index in [0.717, 1.165) is 6.42 Å². The van der Waals surface area contributed by atoms with Gasteiger partial charge in [-0.05, 0) is 94.1 Å². The summed E-state index contributed by atoms with van der Waals surface area (Å²) in [5.74, 6) is 0.590. The molecule has 0 N–H and O–H groups in total. The fourth-order valence-corrected chi connectivity index (χ4v) is 5.91. The summed E-state index contributed by atoms with van der Waals surface area (Å²) in [6.07, 6.45) is 2.21. The molecule has 0 spiro atoms. The first-order chi connectivity index (χ1) is 17.7. The zero-order chi connectivity index (χ0) is 24.2. The molecule has 174 valence electrons. The molecule has 6 aromatic rings. The number of benzene rings is 5. The van der Waals surface area contributed by atoms with Crippen LogP contribution in [0, 0.1) is 0 Å². The van der Waals surface area contributed by atoms with Crippen molar-refractivity contribution in [2.75, 3.05) is 0 Å². The molecule has 1 aliphatic rings. The molecular formula is C35H29N. The highest BCUT2D eigenvalue weighted by atomic mass is 15.0. The number of para-hydroxylation sites is 2. The highest BCUT2D eigenvalue weighted by molar-refractivity contribution is 6.10. The Morgan fingerprint density at radius 3 is 2.14 bits per heavy atom. The second-order valence-electron chi connectivity index (χ2n) is 10.2. The van der Waals surface area contributed by atoms with Gasteiger partial charge in [-0.15, -0.1) is 0 Å². The van der Waals surface area contributed by atoms with Crippen molar-refractivity contribution in [1.82, 2.24) is 4.57 Å². The molecule has 1 unspecified atom stereocenters. The topological polar surface area (TPSA) is 4.93 Å². The summed E-state index contributed by atoms with van der Waals surface area (Å²) in [4.78, 5) is 0. The largest absolute Gasteiger partial charge is 0.309 e. The average molecular weight is 464 g/mol. The van der Waals surface area contributed by atoms with Gasteiger partial charge in [-0.3, -0.25) is 0 Å². The molecule has 5 aromatic carbocycles. The Hall–Kier alpha value is -4.10. The van der Waals surface area contributed by atoms with E-state index in [9.17, 15) is 0 Å². The summed E-state index contributed by atoms with van der Waals surface area (Å²) < 4.78 is 2.38. The van der Waals surface area contributed by atoms with Crippen LogP contribution in [0.4, 0.5) is 0 Å². The average Bonchev–Trinajstić information content (AvgIpc) is 3.47.